The van der Waals surface area contributed by atoms with Crippen molar-refractivity contribution in [3.05, 3.63) is 58.1 Å². The van der Waals surface area contributed by atoms with Crippen LogP contribution in [-0.2, 0) is 10.2 Å². The first kappa shape index (κ1) is 26.3. The van der Waals surface area contributed by atoms with Gasteiger partial charge in [-0.2, -0.15) is 0 Å². The third kappa shape index (κ3) is 7.57. The van der Waals surface area contributed by atoms with E-state index in [1.54, 1.807) is 0 Å². The lowest BCUT2D eigenvalue weighted by Crippen LogP contribution is -2.42. The van der Waals surface area contributed by atoms with E-state index in [0.717, 1.165) is 34.4 Å². The van der Waals surface area contributed by atoms with Crippen molar-refractivity contribution in [2.45, 2.75) is 31.5 Å². The van der Waals surface area contributed by atoms with E-state index in [9.17, 15) is 10.2 Å². The van der Waals surface area contributed by atoms with Crippen molar-refractivity contribution in [2.24, 2.45) is 0 Å². The Morgan fingerprint density at radius 3 is 2.27 bits per heavy atom. The number of aliphatic hydroxyl groups excluding tert-OH is 2. The highest BCUT2D eigenvalue weighted by molar-refractivity contribution is 9.10. The molecule has 1 heterocycles. The summed E-state index contributed by atoms with van der Waals surface area (Å²) in [6.07, 6.45) is -1.24. The van der Waals surface area contributed by atoms with Gasteiger partial charge in [0.2, 0.25) is 0 Å². The number of rotatable bonds is 11. The summed E-state index contributed by atoms with van der Waals surface area (Å²) in [6.45, 7) is 8.44. The van der Waals surface area contributed by atoms with Crippen molar-refractivity contribution in [1.29, 1.82) is 0 Å². The lowest BCUT2D eigenvalue weighted by atomic mass is 9.78. The molecule has 0 aliphatic carbocycles. The average molecular weight is 543 g/mol. The Labute approximate surface area is 209 Å². The smallest absolute Gasteiger partial charge is 0.133 e. The first-order chi connectivity index (χ1) is 15.8. The molecule has 1 aliphatic rings. The lowest BCUT2D eigenvalue weighted by Gasteiger charge is -2.28. The van der Waals surface area contributed by atoms with Gasteiger partial charge in [0.25, 0.3) is 0 Å². The van der Waals surface area contributed by atoms with Crippen LogP contribution in [0.25, 0.3) is 0 Å². The Balaban J connectivity index is 1.57. The van der Waals surface area contributed by atoms with Crippen molar-refractivity contribution >= 4 is 27.5 Å². The summed E-state index contributed by atoms with van der Waals surface area (Å²) in [6, 6.07) is 14.0. The molecule has 0 amide bonds. The summed E-state index contributed by atoms with van der Waals surface area (Å²) in [4.78, 5) is 2.19. The molecule has 2 unspecified atom stereocenters. The molecule has 2 N–H and O–H groups in total. The highest BCUT2D eigenvalue weighted by Crippen LogP contribution is 2.36. The Morgan fingerprint density at radius 1 is 1.00 bits per heavy atom. The Bertz CT molecular complexity index is 874. The fraction of sp³-hybridized carbons (Fsp3) is 0.520. The quantitative estimate of drug-likeness (QED) is 0.421. The number of alkyl halides is 1. The van der Waals surface area contributed by atoms with Gasteiger partial charge in [0.05, 0.1) is 23.6 Å². The number of halogens is 2. The highest BCUT2D eigenvalue weighted by Gasteiger charge is 2.24. The van der Waals surface area contributed by atoms with Crippen LogP contribution in [0.2, 0.25) is 0 Å². The number of β-amino-alcohol motifs (C(OH)–C–C–N with tert-alkyl or cyclic N) is 1. The summed E-state index contributed by atoms with van der Waals surface area (Å²) in [5, 5.41) is 19.9. The van der Waals surface area contributed by atoms with Gasteiger partial charge in [0.15, 0.2) is 0 Å². The van der Waals surface area contributed by atoms with Crippen LogP contribution >= 0.6 is 27.5 Å². The van der Waals surface area contributed by atoms with E-state index in [4.69, 9.17) is 25.8 Å². The van der Waals surface area contributed by atoms with E-state index in [1.807, 2.05) is 30.3 Å². The average Bonchev–Trinajstić information content (AvgIpc) is 2.82. The van der Waals surface area contributed by atoms with Gasteiger partial charge in [0.1, 0.15) is 36.9 Å². The van der Waals surface area contributed by atoms with Crippen LogP contribution in [-0.4, -0.2) is 79.3 Å². The molecule has 0 saturated carbocycles. The molecule has 1 fully saturated rings. The number of aliphatic hydroxyl groups is 2. The van der Waals surface area contributed by atoms with E-state index in [2.05, 4.69) is 46.8 Å². The predicted octanol–water partition coefficient (Wildman–Crippen LogP) is 3.83. The third-order valence-electron chi connectivity index (χ3n) is 5.85. The molecule has 182 valence electrons. The Kier molecular flexibility index (Phi) is 9.85. The van der Waals surface area contributed by atoms with E-state index < -0.39 is 12.2 Å². The maximum atomic E-state index is 10.3. The minimum Gasteiger partial charge on any atom is -0.491 e. The zero-order valence-corrected chi connectivity index (χ0v) is 21.5. The molecule has 8 heteroatoms. The van der Waals surface area contributed by atoms with Gasteiger partial charge in [-0.15, -0.1) is 11.6 Å². The van der Waals surface area contributed by atoms with E-state index in [1.165, 1.54) is 0 Å². The number of nitrogens with zero attached hydrogens (tertiary/aromatic N) is 1. The predicted molar refractivity (Wildman–Crippen MR) is 134 cm³/mol. The zero-order chi connectivity index (χ0) is 23.8. The molecule has 6 nitrogen and oxygen atoms in total. The molecule has 2 aromatic carbocycles. The number of hydrogen-bond acceptors (Lipinski definition) is 6. The van der Waals surface area contributed by atoms with Crippen LogP contribution in [0.1, 0.15) is 25.0 Å². The first-order valence-electron chi connectivity index (χ1n) is 11.2. The van der Waals surface area contributed by atoms with Gasteiger partial charge in [-0.1, -0.05) is 32.0 Å². The molecular weight excluding hydrogens is 510 g/mol. The molecule has 0 radical (unpaired) electrons. The summed E-state index contributed by atoms with van der Waals surface area (Å²) in [5.41, 5.74) is 2.02. The maximum absolute atomic E-state index is 10.3. The standard InChI is InChI=1S/C25H33BrClNO5/c1-25(2,19-5-8-24(23(26)13-19)33-16-20(29)14-27)18-3-6-22(7-4-18)32-17-21(30)15-28-9-11-31-12-10-28/h3-8,13,20-21,29-30H,9-12,14-17H2,1-2H3. The van der Waals surface area contributed by atoms with E-state index >= 15 is 0 Å². The topological polar surface area (TPSA) is 71.4 Å². The molecule has 1 saturated heterocycles. The molecule has 2 atom stereocenters. The molecule has 33 heavy (non-hydrogen) atoms. The summed E-state index contributed by atoms with van der Waals surface area (Å²) < 4.78 is 17.6. The van der Waals surface area contributed by atoms with Crippen molar-refractivity contribution in [2.75, 3.05) is 51.9 Å². The van der Waals surface area contributed by atoms with Crippen molar-refractivity contribution in [3.63, 3.8) is 0 Å². The highest BCUT2D eigenvalue weighted by atomic mass is 79.9. The van der Waals surface area contributed by atoms with Gasteiger partial charge >= 0.3 is 0 Å². The first-order valence-corrected chi connectivity index (χ1v) is 12.5. The van der Waals surface area contributed by atoms with Gasteiger partial charge < -0.3 is 24.4 Å². The Hall–Kier alpha value is -1.35. The molecule has 0 spiro atoms. The number of morpholine rings is 1. The minimum atomic E-state index is -0.698. The van der Waals surface area contributed by atoms with Crippen LogP contribution in [0, 0.1) is 0 Å². The van der Waals surface area contributed by atoms with Crippen molar-refractivity contribution in [1.82, 2.24) is 4.90 Å². The summed E-state index contributed by atoms with van der Waals surface area (Å²) in [5.74, 6) is 1.53. The van der Waals surface area contributed by atoms with Gasteiger partial charge in [-0.25, -0.2) is 0 Å². The monoisotopic (exact) mass is 541 g/mol. The molecule has 1 aliphatic heterocycles. The van der Waals surface area contributed by atoms with Gasteiger partial charge in [0, 0.05) is 25.0 Å². The molecule has 3 rings (SSSR count). The lowest BCUT2D eigenvalue weighted by molar-refractivity contribution is 0.00465. The summed E-state index contributed by atoms with van der Waals surface area (Å²) in [7, 11) is 0. The molecule has 0 bridgehead atoms. The van der Waals surface area contributed by atoms with E-state index in [0.29, 0.717) is 25.5 Å². The van der Waals surface area contributed by atoms with Crippen molar-refractivity contribution < 1.29 is 24.4 Å². The second kappa shape index (κ2) is 12.4. The summed E-state index contributed by atoms with van der Waals surface area (Å²) >= 11 is 9.20. The zero-order valence-electron chi connectivity index (χ0n) is 19.2. The second-order valence-corrected chi connectivity index (χ2v) is 9.95. The normalized spacial score (nSPS) is 16.9. The van der Waals surface area contributed by atoms with Crippen molar-refractivity contribution in [3.8, 4) is 11.5 Å². The van der Waals surface area contributed by atoms with Crippen LogP contribution < -0.4 is 9.47 Å². The van der Waals surface area contributed by atoms with Crippen LogP contribution in [0.15, 0.2) is 46.9 Å². The van der Waals surface area contributed by atoms with Crippen LogP contribution in [0.3, 0.4) is 0 Å². The number of benzene rings is 2. The van der Waals surface area contributed by atoms with Crippen LogP contribution in [0.4, 0.5) is 0 Å². The van der Waals surface area contributed by atoms with Crippen LogP contribution in [0.5, 0.6) is 11.5 Å². The Morgan fingerprint density at radius 2 is 1.64 bits per heavy atom. The number of ether oxygens (including phenoxy) is 3. The molecule has 2 aromatic rings. The third-order valence-corrected chi connectivity index (χ3v) is 6.83. The largest absolute Gasteiger partial charge is 0.491 e. The van der Waals surface area contributed by atoms with Gasteiger partial charge in [-0.3, -0.25) is 4.90 Å². The second-order valence-electron chi connectivity index (χ2n) is 8.79. The molecule has 0 aromatic heterocycles. The van der Waals surface area contributed by atoms with E-state index in [-0.39, 0.29) is 24.5 Å². The molecular formula is C25H33BrClNO5. The SMILES string of the molecule is CC(C)(c1ccc(OCC(O)CN2CCOCC2)cc1)c1ccc(OCC(O)CCl)c(Br)c1. The minimum absolute atomic E-state index is 0.134. The maximum Gasteiger partial charge on any atom is 0.133 e. The van der Waals surface area contributed by atoms with Gasteiger partial charge in [-0.05, 0) is 51.3 Å². The fourth-order valence-corrected chi connectivity index (χ4v) is 4.28. The fourth-order valence-electron chi connectivity index (χ4n) is 3.70. The number of hydrogen-bond donors (Lipinski definition) is 2.